The summed E-state index contributed by atoms with van der Waals surface area (Å²) in [6.07, 6.45) is 0. The van der Waals surface area contributed by atoms with E-state index in [9.17, 15) is 21.7 Å². The van der Waals surface area contributed by atoms with Crippen LogP contribution in [0.1, 0.15) is 0 Å². The molecule has 9 heteroatoms. The van der Waals surface area contributed by atoms with Crippen LogP contribution in [0.25, 0.3) is 0 Å². The Bertz CT molecular complexity index is 764. The van der Waals surface area contributed by atoms with Crippen LogP contribution in [0.2, 0.25) is 0 Å². The molecule has 0 N–H and O–H groups in total. The number of hydrogen-bond acceptors (Lipinski definition) is 6. The maximum atomic E-state index is 12.2. The Morgan fingerprint density at radius 1 is 0.667 bits per heavy atom. The maximum absolute atomic E-state index is 12.2. The lowest BCUT2D eigenvalue weighted by molar-refractivity contribution is 0.506. The summed E-state index contributed by atoms with van der Waals surface area (Å²) in [5.41, 5.74) is 0. The van der Waals surface area contributed by atoms with E-state index in [1.807, 2.05) is 0 Å². The molecule has 0 amide bonds. The molecule has 0 saturated heterocycles. The molecule has 0 aliphatic heterocycles. The van der Waals surface area contributed by atoms with Crippen molar-refractivity contribution in [3.8, 4) is 0 Å². The van der Waals surface area contributed by atoms with Gasteiger partial charge in [-0.2, -0.15) is 16.8 Å². The lowest BCUT2D eigenvalue weighted by Gasteiger charge is -2.15. The fourth-order valence-corrected chi connectivity index (χ4v) is 4.67. The Morgan fingerprint density at radius 3 is 1.29 bits per heavy atom. The molecule has 0 radical (unpaired) electrons. The monoisotopic (exact) mass is 326 g/mol. The fourth-order valence-electron chi connectivity index (χ4n) is 1.58. The van der Waals surface area contributed by atoms with Crippen LogP contribution in [0.4, 0.5) is 0 Å². The highest BCUT2D eigenvalue weighted by Gasteiger charge is 2.37. The van der Waals surface area contributed by atoms with Gasteiger partial charge in [-0.25, -0.2) is 0 Å². The number of hydrogen-bond donors (Lipinski definition) is 0. The highest BCUT2D eigenvalue weighted by Crippen LogP contribution is 2.24. The van der Waals surface area contributed by atoms with Crippen LogP contribution in [0.15, 0.2) is 75.7 Å². The lowest BCUT2D eigenvalue weighted by atomic mass is 10.4. The van der Waals surface area contributed by atoms with Crippen molar-refractivity contribution in [2.75, 3.05) is 0 Å². The minimum atomic E-state index is -4.59. The third-order valence-electron chi connectivity index (χ3n) is 2.56. The van der Waals surface area contributed by atoms with Crippen LogP contribution < -0.4 is 0 Å². The van der Waals surface area contributed by atoms with Gasteiger partial charge in [-0.3, -0.25) is 0 Å². The van der Waals surface area contributed by atoms with Gasteiger partial charge in [0.1, 0.15) is 0 Å². The SMILES string of the molecule is O=NN(S(=O)(=O)c1ccccc1)S(=O)(=O)c1ccccc1. The average Bonchev–Trinajstić information content (AvgIpc) is 2.49. The van der Waals surface area contributed by atoms with Crippen LogP contribution in [0, 0.1) is 4.91 Å². The molecular weight excluding hydrogens is 316 g/mol. The Labute approximate surface area is 121 Å². The van der Waals surface area contributed by atoms with Crippen molar-refractivity contribution in [2.24, 2.45) is 5.29 Å². The zero-order chi connectivity index (χ0) is 15.5. The van der Waals surface area contributed by atoms with Crippen molar-refractivity contribution >= 4 is 20.0 Å². The van der Waals surface area contributed by atoms with Crippen molar-refractivity contribution in [2.45, 2.75) is 9.79 Å². The van der Waals surface area contributed by atoms with Crippen LogP contribution in [-0.2, 0) is 20.0 Å². The van der Waals surface area contributed by atoms with Crippen LogP contribution in [0.5, 0.6) is 0 Å². The second-order valence-electron chi connectivity index (χ2n) is 3.90. The second kappa shape index (κ2) is 5.62. The number of nitrogens with zero attached hydrogens (tertiary/aromatic N) is 2. The molecule has 0 aromatic heterocycles. The van der Waals surface area contributed by atoms with Gasteiger partial charge >= 0.3 is 0 Å². The van der Waals surface area contributed by atoms with Gasteiger partial charge in [0.2, 0.25) is 0 Å². The molecule has 7 nitrogen and oxygen atoms in total. The maximum Gasteiger partial charge on any atom is 0.295 e. The summed E-state index contributed by atoms with van der Waals surface area (Å²) < 4.78 is 48.5. The zero-order valence-corrected chi connectivity index (χ0v) is 12.2. The van der Waals surface area contributed by atoms with E-state index in [0.29, 0.717) is 0 Å². The van der Waals surface area contributed by atoms with E-state index in [1.54, 1.807) is 12.1 Å². The lowest BCUT2D eigenvalue weighted by Crippen LogP contribution is -2.32. The minimum Gasteiger partial charge on any atom is -0.198 e. The Morgan fingerprint density at radius 2 is 1.00 bits per heavy atom. The van der Waals surface area contributed by atoms with E-state index in [2.05, 4.69) is 5.29 Å². The molecule has 2 aromatic rings. The van der Waals surface area contributed by atoms with Gasteiger partial charge in [-0.15, -0.1) is 4.91 Å². The molecule has 0 heterocycles. The van der Waals surface area contributed by atoms with E-state index in [4.69, 9.17) is 0 Å². The highest BCUT2D eigenvalue weighted by molar-refractivity contribution is 8.04. The number of rotatable bonds is 5. The van der Waals surface area contributed by atoms with Crippen molar-refractivity contribution in [3.63, 3.8) is 0 Å². The first-order chi connectivity index (χ1) is 9.90. The van der Waals surface area contributed by atoms with Crippen LogP contribution in [-0.4, -0.2) is 20.7 Å². The summed E-state index contributed by atoms with van der Waals surface area (Å²) in [5.74, 6) is 0. The molecule has 0 saturated carbocycles. The summed E-state index contributed by atoms with van der Waals surface area (Å²) in [4.78, 5) is 10.2. The third kappa shape index (κ3) is 2.78. The Hall–Kier alpha value is -2.26. The minimum absolute atomic E-state index is 0.343. The average molecular weight is 326 g/mol. The van der Waals surface area contributed by atoms with E-state index in [0.717, 1.165) is 0 Å². The zero-order valence-electron chi connectivity index (χ0n) is 10.5. The molecule has 2 aromatic carbocycles. The molecular formula is C12H10N2O5S2. The molecule has 0 unspecified atom stereocenters. The number of sulfonamides is 2. The molecule has 0 aliphatic carbocycles. The van der Waals surface area contributed by atoms with Crippen LogP contribution in [0.3, 0.4) is 0 Å². The van der Waals surface area contributed by atoms with E-state index >= 15 is 0 Å². The summed E-state index contributed by atoms with van der Waals surface area (Å²) in [5, 5.41) is 2.19. The van der Waals surface area contributed by atoms with Crippen molar-refractivity contribution in [3.05, 3.63) is 65.6 Å². The normalized spacial score (nSPS) is 11.8. The van der Waals surface area contributed by atoms with E-state index in [1.165, 1.54) is 48.5 Å². The molecule has 2 rings (SSSR count). The third-order valence-corrected chi connectivity index (χ3v) is 6.43. The first-order valence-electron chi connectivity index (χ1n) is 5.64. The summed E-state index contributed by atoms with van der Waals surface area (Å²) in [6, 6.07) is 13.4. The van der Waals surface area contributed by atoms with E-state index in [-0.39, 0.29) is 9.79 Å². The molecule has 110 valence electrons. The Balaban J connectivity index is 2.58. The van der Waals surface area contributed by atoms with E-state index < -0.39 is 23.9 Å². The summed E-state index contributed by atoms with van der Waals surface area (Å²) in [7, 11) is -9.18. The van der Waals surface area contributed by atoms with Crippen molar-refractivity contribution in [1.29, 1.82) is 0 Å². The smallest absolute Gasteiger partial charge is 0.198 e. The topological polar surface area (TPSA) is 101 Å². The van der Waals surface area contributed by atoms with Crippen molar-refractivity contribution in [1.82, 2.24) is 3.82 Å². The number of benzene rings is 2. The Kier molecular flexibility index (Phi) is 4.05. The fraction of sp³-hybridized carbons (Fsp3) is 0. The first-order valence-corrected chi connectivity index (χ1v) is 8.52. The van der Waals surface area contributed by atoms with Gasteiger partial charge in [0.25, 0.3) is 20.0 Å². The van der Waals surface area contributed by atoms with Gasteiger partial charge in [-0.05, 0) is 28.1 Å². The van der Waals surface area contributed by atoms with Gasteiger partial charge in [0.05, 0.1) is 15.1 Å². The predicted molar refractivity (Wildman–Crippen MR) is 74.9 cm³/mol. The number of nitroso groups, excluding NO2 is 1. The first kappa shape index (κ1) is 15.1. The molecule has 0 spiro atoms. The summed E-state index contributed by atoms with van der Waals surface area (Å²) >= 11 is 0. The van der Waals surface area contributed by atoms with Gasteiger partial charge in [0, 0.05) is 0 Å². The van der Waals surface area contributed by atoms with Gasteiger partial charge in [-0.1, -0.05) is 36.4 Å². The largest absolute Gasteiger partial charge is 0.295 e. The molecule has 0 fully saturated rings. The van der Waals surface area contributed by atoms with Gasteiger partial charge in [0.15, 0.2) is 0 Å². The van der Waals surface area contributed by atoms with Crippen LogP contribution >= 0.6 is 0 Å². The predicted octanol–water partition coefficient (Wildman–Crippen LogP) is 1.75. The highest BCUT2D eigenvalue weighted by atomic mass is 32.3. The summed E-state index contributed by atoms with van der Waals surface area (Å²) in [6.45, 7) is 0. The molecule has 0 atom stereocenters. The van der Waals surface area contributed by atoms with Gasteiger partial charge < -0.3 is 0 Å². The molecule has 21 heavy (non-hydrogen) atoms. The second-order valence-corrected chi connectivity index (χ2v) is 7.66. The molecule has 0 aliphatic rings. The molecule has 0 bridgehead atoms. The van der Waals surface area contributed by atoms with Crippen molar-refractivity contribution < 1.29 is 16.8 Å². The quantitative estimate of drug-likeness (QED) is 0.615. The standard InChI is InChI=1S/C12H10N2O5S2/c15-13-14(20(16,17)11-7-3-1-4-8-11)21(18,19)12-9-5-2-6-10-12/h1-10H.